The number of aromatic nitrogens is 2. The second kappa shape index (κ2) is 8.49. The van der Waals surface area contributed by atoms with Gasteiger partial charge in [0.25, 0.3) is 0 Å². The van der Waals surface area contributed by atoms with Crippen LogP contribution in [-0.2, 0) is 16.5 Å². The summed E-state index contributed by atoms with van der Waals surface area (Å²) in [6, 6.07) is 5.23. The van der Waals surface area contributed by atoms with E-state index in [9.17, 15) is 19.8 Å². The van der Waals surface area contributed by atoms with Crippen LogP contribution >= 0.6 is 0 Å². The van der Waals surface area contributed by atoms with E-state index in [-0.39, 0.29) is 27.9 Å². The van der Waals surface area contributed by atoms with Crippen LogP contribution in [0.5, 0.6) is 11.5 Å². The largest absolute Gasteiger partial charge is 2.00 e. The molecule has 0 aliphatic heterocycles. The van der Waals surface area contributed by atoms with Crippen molar-refractivity contribution in [1.82, 2.24) is 9.97 Å². The number of hydrogen-bond donors (Lipinski definition) is 2. The van der Waals surface area contributed by atoms with E-state index in [0.29, 0.717) is 0 Å². The number of pyridine rings is 2. The summed E-state index contributed by atoms with van der Waals surface area (Å²) in [5.41, 5.74) is -0.856. The number of carboxylic acid groups (broad SMARTS) is 2. The van der Waals surface area contributed by atoms with E-state index < -0.39 is 23.4 Å². The van der Waals surface area contributed by atoms with Crippen LogP contribution in [0.4, 0.5) is 0 Å². The second-order valence-electron chi connectivity index (χ2n) is 3.31. The molecule has 0 aliphatic carbocycles. The van der Waals surface area contributed by atoms with Crippen molar-refractivity contribution in [3.63, 3.8) is 0 Å². The molecule has 2 aromatic rings. The molecule has 2 rings (SSSR count). The van der Waals surface area contributed by atoms with E-state index in [1.54, 1.807) is 0 Å². The zero-order valence-electron chi connectivity index (χ0n) is 10.2. The molecule has 2 heterocycles. The predicted molar refractivity (Wildman–Crippen MR) is 60.9 cm³/mol. The molecular weight excluding hydrogens is 327 g/mol. The summed E-state index contributed by atoms with van der Waals surface area (Å²) in [6.07, 6.45) is 2.54. The molecule has 9 heteroatoms. The zero-order chi connectivity index (χ0) is 15.1. The second-order valence-corrected chi connectivity index (χ2v) is 3.31. The van der Waals surface area contributed by atoms with Crippen LogP contribution in [-0.4, -0.2) is 32.1 Å². The van der Waals surface area contributed by atoms with E-state index in [1.165, 1.54) is 30.6 Å². The molecule has 8 nitrogen and oxygen atoms in total. The molecule has 0 radical (unpaired) electrons. The Kier molecular flexibility index (Phi) is 7.42. The van der Waals surface area contributed by atoms with Gasteiger partial charge in [-0.3, -0.25) is 4.98 Å². The van der Waals surface area contributed by atoms with Crippen molar-refractivity contribution < 1.29 is 46.5 Å². The van der Waals surface area contributed by atoms with Crippen molar-refractivity contribution in [2.75, 3.05) is 0 Å². The van der Waals surface area contributed by atoms with Gasteiger partial charge in [0.05, 0.1) is 11.7 Å². The van der Waals surface area contributed by atoms with Crippen LogP contribution < -0.4 is 10.2 Å². The Hall–Kier alpha value is -2.67. The number of carboxylic acids is 2. The third-order valence-corrected chi connectivity index (χ3v) is 1.95. The van der Waals surface area contributed by atoms with Crippen molar-refractivity contribution in [2.45, 2.75) is 0 Å². The van der Waals surface area contributed by atoms with Crippen molar-refractivity contribution >= 4 is 11.9 Å². The van der Waals surface area contributed by atoms with Gasteiger partial charge in [-0.05, 0) is 18.2 Å². The molecule has 0 bridgehead atoms. The third-order valence-electron chi connectivity index (χ3n) is 1.95. The Bertz CT molecular complexity index is 579. The molecule has 0 fully saturated rings. The SMILES string of the molecule is O=C(O)c1ncccc1O.O=C([O-])c1ncccc1[O-].[Ni+2]. The first-order valence-electron chi connectivity index (χ1n) is 5.14. The summed E-state index contributed by atoms with van der Waals surface area (Å²) in [5.74, 6) is -3.69. The Labute approximate surface area is 128 Å². The van der Waals surface area contributed by atoms with Crippen LogP contribution in [0.1, 0.15) is 21.0 Å². The summed E-state index contributed by atoms with van der Waals surface area (Å²) in [6.45, 7) is 0. The van der Waals surface area contributed by atoms with Gasteiger partial charge < -0.3 is 25.2 Å². The van der Waals surface area contributed by atoms with E-state index in [4.69, 9.17) is 10.2 Å². The number of aromatic carboxylic acids is 2. The normalized spacial score (nSPS) is 8.76. The third kappa shape index (κ3) is 5.45. The number of aromatic hydroxyl groups is 1. The van der Waals surface area contributed by atoms with Crippen molar-refractivity contribution in [1.29, 1.82) is 0 Å². The van der Waals surface area contributed by atoms with Gasteiger partial charge in [-0.2, -0.15) is 0 Å². The van der Waals surface area contributed by atoms with Crippen molar-refractivity contribution in [3.8, 4) is 11.5 Å². The number of carbonyl (C=O) groups excluding carboxylic acids is 1. The smallest absolute Gasteiger partial charge is 0.871 e. The van der Waals surface area contributed by atoms with E-state index >= 15 is 0 Å². The quantitative estimate of drug-likeness (QED) is 0.665. The summed E-state index contributed by atoms with van der Waals surface area (Å²) in [7, 11) is 0. The summed E-state index contributed by atoms with van der Waals surface area (Å²) >= 11 is 0. The fourth-order valence-electron chi connectivity index (χ4n) is 1.11. The first-order valence-corrected chi connectivity index (χ1v) is 5.14. The molecule has 0 atom stereocenters. The Balaban J connectivity index is 0.000000364. The van der Waals surface area contributed by atoms with E-state index in [1.807, 2.05) is 0 Å². The topological polar surface area (TPSA) is 146 Å². The molecule has 2 aromatic heterocycles. The van der Waals surface area contributed by atoms with Gasteiger partial charge in [-0.25, -0.2) is 9.78 Å². The summed E-state index contributed by atoms with van der Waals surface area (Å²) in [4.78, 5) is 27.0. The molecular formula is C12H8N2NiO6. The standard InChI is InChI=1S/2C6H5NO3.Ni/c2*8-4-2-1-3-7-5(4)6(9)10;/h2*1-3,8H,(H,9,10);/q;;+2/p-2. The molecule has 0 spiro atoms. The van der Waals surface area contributed by atoms with Crippen LogP contribution in [0.25, 0.3) is 0 Å². The molecule has 0 unspecified atom stereocenters. The average molecular weight is 335 g/mol. The van der Waals surface area contributed by atoms with Gasteiger partial charge in [0.1, 0.15) is 5.75 Å². The molecule has 0 aliphatic rings. The minimum atomic E-state index is -1.54. The number of carbonyl (C=O) groups is 2. The summed E-state index contributed by atoms with van der Waals surface area (Å²) < 4.78 is 0. The fourth-order valence-corrected chi connectivity index (χ4v) is 1.11. The molecule has 0 saturated carbocycles. The molecule has 112 valence electrons. The van der Waals surface area contributed by atoms with Crippen molar-refractivity contribution in [2.24, 2.45) is 0 Å². The van der Waals surface area contributed by atoms with Crippen LogP contribution in [0.2, 0.25) is 0 Å². The monoisotopic (exact) mass is 334 g/mol. The number of nitrogens with zero attached hydrogens (tertiary/aromatic N) is 2. The summed E-state index contributed by atoms with van der Waals surface area (Å²) in [5, 5.41) is 37.8. The minimum absolute atomic E-state index is 0. The Morgan fingerprint density at radius 2 is 1.57 bits per heavy atom. The minimum Gasteiger partial charge on any atom is -0.871 e. The number of rotatable bonds is 2. The van der Waals surface area contributed by atoms with Crippen molar-refractivity contribution in [3.05, 3.63) is 48.0 Å². The zero-order valence-corrected chi connectivity index (χ0v) is 11.2. The fraction of sp³-hybridized carbons (Fsp3) is 0. The number of hydrogen-bond acceptors (Lipinski definition) is 7. The molecule has 21 heavy (non-hydrogen) atoms. The van der Waals surface area contributed by atoms with E-state index in [2.05, 4.69) is 9.97 Å². The maximum absolute atomic E-state index is 10.6. The maximum Gasteiger partial charge on any atom is 2.00 e. The van der Waals surface area contributed by atoms with Gasteiger partial charge in [0, 0.05) is 12.4 Å². The average Bonchev–Trinajstić information content (AvgIpc) is 2.40. The van der Waals surface area contributed by atoms with Gasteiger partial charge in [0.15, 0.2) is 5.69 Å². The van der Waals surface area contributed by atoms with Crippen LogP contribution in [0, 0.1) is 0 Å². The first-order chi connectivity index (χ1) is 9.43. The van der Waals surface area contributed by atoms with Gasteiger partial charge in [0.2, 0.25) is 0 Å². The Morgan fingerprint density at radius 3 is 1.90 bits per heavy atom. The van der Waals surface area contributed by atoms with Crippen LogP contribution in [0.15, 0.2) is 36.7 Å². The van der Waals surface area contributed by atoms with Crippen LogP contribution in [0.3, 0.4) is 0 Å². The Morgan fingerprint density at radius 1 is 1.05 bits per heavy atom. The molecule has 2 N–H and O–H groups in total. The van der Waals surface area contributed by atoms with E-state index in [0.717, 1.165) is 6.07 Å². The van der Waals surface area contributed by atoms with Gasteiger partial charge in [-0.1, -0.05) is 11.8 Å². The van der Waals surface area contributed by atoms with Gasteiger partial charge >= 0.3 is 22.5 Å². The first kappa shape index (κ1) is 18.3. The maximum atomic E-state index is 10.6. The molecule has 0 saturated heterocycles. The molecule has 0 aromatic carbocycles. The van der Waals surface area contributed by atoms with Gasteiger partial charge in [-0.15, -0.1) is 0 Å². The predicted octanol–water partition coefficient (Wildman–Crippen LogP) is -0.998. The molecule has 0 amide bonds.